The number of rotatable bonds is 4. The van der Waals surface area contributed by atoms with E-state index in [1.165, 1.54) is 0 Å². The van der Waals surface area contributed by atoms with Gasteiger partial charge in [0.05, 0.1) is 6.26 Å². The number of furan rings is 2. The topological polar surface area (TPSA) is 92.7 Å². The van der Waals surface area contributed by atoms with E-state index in [2.05, 4.69) is 5.32 Å². The minimum absolute atomic E-state index is 0.0438. The predicted octanol–water partition coefficient (Wildman–Crippen LogP) is 5.86. The van der Waals surface area contributed by atoms with Crippen LogP contribution in [0.4, 0.5) is 5.00 Å². The maximum atomic E-state index is 12.6. The Labute approximate surface area is 168 Å². The number of amides is 1. The molecule has 5 aromatic rings. The van der Waals surface area contributed by atoms with Crippen molar-refractivity contribution in [3.8, 4) is 11.1 Å². The molecule has 2 aromatic carbocycles. The summed E-state index contributed by atoms with van der Waals surface area (Å²) in [5, 5.41) is 16.1. The molecule has 2 N–H and O–H groups in total. The Bertz CT molecular complexity index is 1360. The highest BCUT2D eigenvalue weighted by Gasteiger charge is 2.23. The molecule has 1 amide bonds. The number of thiophene rings is 1. The summed E-state index contributed by atoms with van der Waals surface area (Å²) in [7, 11) is 0. The van der Waals surface area contributed by atoms with Crippen molar-refractivity contribution in [3.05, 3.63) is 77.6 Å². The van der Waals surface area contributed by atoms with Crippen LogP contribution in [0.25, 0.3) is 33.1 Å². The van der Waals surface area contributed by atoms with Crippen molar-refractivity contribution in [2.45, 2.75) is 0 Å². The Kier molecular flexibility index (Phi) is 3.96. The fraction of sp³-hybridized carbons (Fsp3) is 0. The molecule has 0 saturated carbocycles. The number of anilines is 1. The fourth-order valence-electron chi connectivity index (χ4n) is 3.27. The predicted molar refractivity (Wildman–Crippen MR) is 111 cm³/mol. The summed E-state index contributed by atoms with van der Waals surface area (Å²) in [6.45, 7) is 0. The Morgan fingerprint density at radius 3 is 2.62 bits per heavy atom. The number of carboxylic acid groups (broad SMARTS) is 1. The van der Waals surface area contributed by atoms with Gasteiger partial charge in [0, 0.05) is 21.7 Å². The molecule has 0 bridgehead atoms. The van der Waals surface area contributed by atoms with E-state index in [1.54, 1.807) is 35.9 Å². The highest BCUT2D eigenvalue weighted by atomic mass is 32.1. The summed E-state index contributed by atoms with van der Waals surface area (Å²) in [6.07, 6.45) is 1.58. The summed E-state index contributed by atoms with van der Waals surface area (Å²) in [4.78, 5) is 24.6. The molecule has 6 nitrogen and oxygen atoms in total. The number of benzene rings is 2. The molecule has 3 heterocycles. The second kappa shape index (κ2) is 6.65. The van der Waals surface area contributed by atoms with E-state index in [0.717, 1.165) is 33.3 Å². The van der Waals surface area contributed by atoms with Crippen LogP contribution in [0.15, 0.2) is 75.1 Å². The first kappa shape index (κ1) is 17.3. The molecule has 0 aliphatic heterocycles. The van der Waals surface area contributed by atoms with Crippen LogP contribution in [0.2, 0.25) is 0 Å². The molecule has 5 rings (SSSR count). The fourth-order valence-corrected chi connectivity index (χ4v) is 4.22. The minimum Gasteiger partial charge on any atom is -0.478 e. The van der Waals surface area contributed by atoms with Gasteiger partial charge < -0.3 is 19.3 Å². The van der Waals surface area contributed by atoms with E-state index in [-0.39, 0.29) is 16.3 Å². The molecule has 0 aliphatic rings. The van der Waals surface area contributed by atoms with Crippen LogP contribution in [0.1, 0.15) is 20.9 Å². The molecule has 0 aliphatic carbocycles. The van der Waals surface area contributed by atoms with E-state index >= 15 is 0 Å². The van der Waals surface area contributed by atoms with Crippen molar-refractivity contribution in [2.75, 3.05) is 5.32 Å². The van der Waals surface area contributed by atoms with Crippen LogP contribution in [0.3, 0.4) is 0 Å². The van der Waals surface area contributed by atoms with E-state index in [9.17, 15) is 14.7 Å². The molecule has 0 spiro atoms. The van der Waals surface area contributed by atoms with Crippen molar-refractivity contribution in [1.29, 1.82) is 0 Å². The molecule has 0 fully saturated rings. The van der Waals surface area contributed by atoms with Crippen molar-refractivity contribution in [1.82, 2.24) is 0 Å². The van der Waals surface area contributed by atoms with Gasteiger partial charge >= 0.3 is 5.97 Å². The molecule has 3 aromatic heterocycles. The lowest BCUT2D eigenvalue weighted by Gasteiger charge is -2.05. The van der Waals surface area contributed by atoms with Crippen LogP contribution < -0.4 is 5.32 Å². The summed E-state index contributed by atoms with van der Waals surface area (Å²) in [5.41, 5.74) is 2.63. The monoisotopic (exact) mass is 403 g/mol. The lowest BCUT2D eigenvalue weighted by atomic mass is 10.0. The SMILES string of the molecule is O=C(Nc1scc(-c2ccc3occc3c2)c1C(=O)O)c1cc2ccccc2o1. The zero-order chi connectivity index (χ0) is 20.0. The van der Waals surface area contributed by atoms with Gasteiger partial charge in [0.2, 0.25) is 0 Å². The van der Waals surface area contributed by atoms with Crippen molar-refractivity contribution in [3.63, 3.8) is 0 Å². The van der Waals surface area contributed by atoms with E-state index in [1.807, 2.05) is 30.3 Å². The van der Waals surface area contributed by atoms with E-state index < -0.39 is 11.9 Å². The van der Waals surface area contributed by atoms with Gasteiger partial charge in [-0.3, -0.25) is 4.79 Å². The first-order chi connectivity index (χ1) is 14.1. The summed E-state index contributed by atoms with van der Waals surface area (Å²) >= 11 is 1.16. The van der Waals surface area contributed by atoms with Crippen molar-refractivity contribution >= 4 is 50.2 Å². The maximum Gasteiger partial charge on any atom is 0.339 e. The van der Waals surface area contributed by atoms with Gasteiger partial charge in [-0.1, -0.05) is 24.3 Å². The van der Waals surface area contributed by atoms with Gasteiger partial charge in [0.15, 0.2) is 5.76 Å². The van der Waals surface area contributed by atoms with Crippen molar-refractivity contribution in [2.24, 2.45) is 0 Å². The largest absolute Gasteiger partial charge is 0.478 e. The molecule has 0 radical (unpaired) electrons. The third kappa shape index (κ3) is 2.97. The third-order valence-electron chi connectivity index (χ3n) is 4.64. The number of carbonyl (C=O) groups is 2. The molecular weight excluding hydrogens is 390 g/mol. The molecule has 0 unspecified atom stereocenters. The second-order valence-corrected chi connectivity index (χ2v) is 7.31. The number of hydrogen-bond acceptors (Lipinski definition) is 5. The highest BCUT2D eigenvalue weighted by Crippen LogP contribution is 2.37. The Hall–Kier alpha value is -3.84. The first-order valence-electron chi connectivity index (χ1n) is 8.72. The quantitative estimate of drug-likeness (QED) is 0.392. The van der Waals surface area contributed by atoms with Crippen molar-refractivity contribution < 1.29 is 23.5 Å². The van der Waals surface area contributed by atoms with Gasteiger partial charge in [0.1, 0.15) is 21.7 Å². The average Bonchev–Trinajstić information content (AvgIpc) is 3.44. The van der Waals surface area contributed by atoms with Gasteiger partial charge in [-0.2, -0.15) is 0 Å². The van der Waals surface area contributed by atoms with E-state index in [4.69, 9.17) is 8.83 Å². The Balaban J connectivity index is 1.51. The highest BCUT2D eigenvalue weighted by molar-refractivity contribution is 7.15. The zero-order valence-electron chi connectivity index (χ0n) is 14.8. The van der Waals surface area contributed by atoms with Crippen LogP contribution >= 0.6 is 11.3 Å². The van der Waals surface area contributed by atoms with Gasteiger partial charge in [-0.25, -0.2) is 4.79 Å². The normalized spacial score (nSPS) is 11.2. The van der Waals surface area contributed by atoms with Crippen LogP contribution in [-0.4, -0.2) is 17.0 Å². The minimum atomic E-state index is -1.12. The molecule has 142 valence electrons. The number of carboxylic acids is 1. The van der Waals surface area contributed by atoms with Crippen LogP contribution in [-0.2, 0) is 0 Å². The third-order valence-corrected chi connectivity index (χ3v) is 5.54. The lowest BCUT2D eigenvalue weighted by molar-refractivity contribution is 0.0699. The summed E-state index contributed by atoms with van der Waals surface area (Å²) in [6, 6.07) is 16.2. The maximum absolute atomic E-state index is 12.6. The summed E-state index contributed by atoms with van der Waals surface area (Å²) < 4.78 is 10.9. The number of fused-ring (bicyclic) bond motifs is 2. The first-order valence-corrected chi connectivity index (χ1v) is 9.60. The Morgan fingerprint density at radius 2 is 1.79 bits per heavy atom. The smallest absolute Gasteiger partial charge is 0.339 e. The van der Waals surface area contributed by atoms with Gasteiger partial charge in [-0.05, 0) is 35.9 Å². The number of aromatic carboxylic acids is 1. The van der Waals surface area contributed by atoms with E-state index in [0.29, 0.717) is 11.1 Å². The van der Waals surface area contributed by atoms with Gasteiger partial charge in [-0.15, -0.1) is 11.3 Å². The summed E-state index contributed by atoms with van der Waals surface area (Å²) in [5.74, 6) is -1.49. The standard InChI is InChI=1S/C22H13NO5S/c24-20(18-10-13-3-1-2-4-17(13)28-18)23-21-19(22(25)26)15(11-29-21)12-5-6-16-14(9-12)7-8-27-16/h1-11H,(H,23,24)(H,25,26). The second-order valence-electron chi connectivity index (χ2n) is 6.43. The zero-order valence-corrected chi connectivity index (χ0v) is 15.7. The van der Waals surface area contributed by atoms with Crippen LogP contribution in [0.5, 0.6) is 0 Å². The van der Waals surface area contributed by atoms with Crippen LogP contribution in [0, 0.1) is 0 Å². The molecule has 0 atom stereocenters. The molecule has 0 saturated heterocycles. The lowest BCUT2D eigenvalue weighted by Crippen LogP contribution is -2.12. The molecular formula is C22H13NO5S. The average molecular weight is 403 g/mol. The number of hydrogen-bond donors (Lipinski definition) is 2. The molecule has 29 heavy (non-hydrogen) atoms. The number of nitrogens with one attached hydrogen (secondary N) is 1. The molecule has 7 heteroatoms. The Morgan fingerprint density at radius 1 is 0.966 bits per heavy atom. The van der Waals surface area contributed by atoms with Gasteiger partial charge in [0.25, 0.3) is 5.91 Å². The number of para-hydroxylation sites is 1. The number of carbonyl (C=O) groups excluding carboxylic acids is 1.